The SMILES string of the molecule is CC(C)c1cc(C(=O)N2C[C@H]3CCN(C)C(=O)[C@H]3C2)nc(N)n1. The lowest BCUT2D eigenvalue weighted by Gasteiger charge is -2.30. The third kappa shape index (κ3) is 2.87. The molecule has 2 aliphatic heterocycles. The van der Waals surface area contributed by atoms with E-state index in [-0.39, 0.29) is 35.5 Å². The van der Waals surface area contributed by atoms with Crippen molar-refractivity contribution in [2.24, 2.45) is 11.8 Å². The molecule has 2 amide bonds. The van der Waals surface area contributed by atoms with Gasteiger partial charge in [0.05, 0.1) is 5.92 Å². The fourth-order valence-corrected chi connectivity index (χ4v) is 3.41. The lowest BCUT2D eigenvalue weighted by molar-refractivity contribution is -0.137. The highest BCUT2D eigenvalue weighted by atomic mass is 16.2. The highest BCUT2D eigenvalue weighted by Gasteiger charge is 2.43. The van der Waals surface area contributed by atoms with Crippen LogP contribution in [0.25, 0.3) is 0 Å². The zero-order valence-corrected chi connectivity index (χ0v) is 13.8. The van der Waals surface area contributed by atoms with Crippen LogP contribution in [0, 0.1) is 11.8 Å². The second kappa shape index (κ2) is 5.79. The van der Waals surface area contributed by atoms with E-state index in [0.29, 0.717) is 18.8 Å². The minimum Gasteiger partial charge on any atom is -0.368 e. The normalized spacial score (nSPS) is 24.3. The molecule has 2 atom stereocenters. The topological polar surface area (TPSA) is 92.4 Å². The molecule has 0 aromatic carbocycles. The maximum absolute atomic E-state index is 12.8. The van der Waals surface area contributed by atoms with Crippen LogP contribution in [0.2, 0.25) is 0 Å². The Morgan fingerprint density at radius 3 is 2.78 bits per heavy atom. The average Bonchev–Trinajstić information content (AvgIpc) is 2.94. The number of carbonyl (C=O) groups is 2. The summed E-state index contributed by atoms with van der Waals surface area (Å²) < 4.78 is 0. The van der Waals surface area contributed by atoms with E-state index < -0.39 is 0 Å². The predicted molar refractivity (Wildman–Crippen MR) is 85.7 cm³/mol. The largest absolute Gasteiger partial charge is 0.368 e. The second-order valence-corrected chi connectivity index (χ2v) is 6.82. The summed E-state index contributed by atoms with van der Waals surface area (Å²) in [6.45, 7) is 5.83. The molecule has 2 N–H and O–H groups in total. The number of anilines is 1. The van der Waals surface area contributed by atoms with Crippen molar-refractivity contribution < 1.29 is 9.59 Å². The van der Waals surface area contributed by atoms with Crippen molar-refractivity contribution in [3.05, 3.63) is 17.5 Å². The Morgan fingerprint density at radius 2 is 2.09 bits per heavy atom. The van der Waals surface area contributed by atoms with Gasteiger partial charge in [-0.05, 0) is 24.3 Å². The summed E-state index contributed by atoms with van der Waals surface area (Å²) in [4.78, 5) is 36.8. The van der Waals surface area contributed by atoms with Gasteiger partial charge in [-0.15, -0.1) is 0 Å². The molecule has 0 saturated carbocycles. The van der Waals surface area contributed by atoms with E-state index in [4.69, 9.17) is 5.73 Å². The molecule has 1 aromatic heterocycles. The van der Waals surface area contributed by atoms with E-state index in [2.05, 4.69) is 9.97 Å². The summed E-state index contributed by atoms with van der Waals surface area (Å²) in [7, 11) is 1.82. The number of nitrogens with zero attached hydrogens (tertiary/aromatic N) is 4. The van der Waals surface area contributed by atoms with Gasteiger partial charge in [-0.1, -0.05) is 13.8 Å². The van der Waals surface area contributed by atoms with Crippen molar-refractivity contribution in [1.29, 1.82) is 0 Å². The lowest BCUT2D eigenvalue weighted by Crippen LogP contribution is -2.42. The molecule has 2 fully saturated rings. The van der Waals surface area contributed by atoms with Crippen molar-refractivity contribution >= 4 is 17.8 Å². The standard InChI is InChI=1S/C16H23N5O2/c1-9(2)12-6-13(19-16(17)18-12)15(23)21-7-10-4-5-20(3)14(22)11(10)8-21/h6,9-11H,4-5,7-8H2,1-3H3,(H2,17,18,19)/t10-,11+/m1/s1. The molecule has 1 aromatic rings. The molecular formula is C16H23N5O2. The first-order valence-electron chi connectivity index (χ1n) is 8.05. The Bertz CT molecular complexity index is 645. The maximum atomic E-state index is 12.8. The number of hydrogen-bond acceptors (Lipinski definition) is 5. The van der Waals surface area contributed by atoms with Crippen molar-refractivity contribution in [1.82, 2.24) is 19.8 Å². The average molecular weight is 317 g/mol. The quantitative estimate of drug-likeness (QED) is 0.868. The van der Waals surface area contributed by atoms with Crippen LogP contribution >= 0.6 is 0 Å². The zero-order valence-electron chi connectivity index (χ0n) is 13.8. The highest BCUT2D eigenvalue weighted by Crippen LogP contribution is 2.32. The summed E-state index contributed by atoms with van der Waals surface area (Å²) in [5, 5.41) is 0. The molecule has 7 heteroatoms. The molecule has 0 spiro atoms. The summed E-state index contributed by atoms with van der Waals surface area (Å²) >= 11 is 0. The molecule has 23 heavy (non-hydrogen) atoms. The molecular weight excluding hydrogens is 294 g/mol. The molecule has 0 unspecified atom stereocenters. The predicted octanol–water partition coefficient (Wildman–Crippen LogP) is 0.733. The van der Waals surface area contributed by atoms with Gasteiger partial charge in [-0.3, -0.25) is 9.59 Å². The summed E-state index contributed by atoms with van der Waals surface area (Å²) in [5.74, 6) is 0.440. The number of nitrogens with two attached hydrogens (primary N) is 1. The van der Waals surface area contributed by atoms with Crippen LogP contribution in [0.3, 0.4) is 0 Å². The Labute approximate surface area is 135 Å². The Hall–Kier alpha value is -2.18. The lowest BCUT2D eigenvalue weighted by atomic mass is 9.88. The van der Waals surface area contributed by atoms with Gasteiger partial charge in [0.25, 0.3) is 5.91 Å². The van der Waals surface area contributed by atoms with Gasteiger partial charge < -0.3 is 15.5 Å². The molecule has 0 radical (unpaired) electrons. The van der Waals surface area contributed by atoms with Crippen LogP contribution in [-0.2, 0) is 4.79 Å². The minimum atomic E-state index is -0.161. The summed E-state index contributed by atoms with van der Waals surface area (Å²) in [6, 6.07) is 1.71. The first kappa shape index (κ1) is 15.7. The zero-order chi connectivity index (χ0) is 16.7. The van der Waals surface area contributed by atoms with Crippen molar-refractivity contribution in [2.45, 2.75) is 26.2 Å². The van der Waals surface area contributed by atoms with Gasteiger partial charge in [0.15, 0.2) is 0 Å². The molecule has 0 aliphatic carbocycles. The second-order valence-electron chi connectivity index (χ2n) is 6.82. The van der Waals surface area contributed by atoms with Crippen molar-refractivity contribution in [2.75, 3.05) is 32.4 Å². The van der Waals surface area contributed by atoms with Crippen LogP contribution < -0.4 is 5.73 Å². The number of fused-ring (bicyclic) bond motifs is 1. The van der Waals surface area contributed by atoms with E-state index in [1.54, 1.807) is 15.9 Å². The number of amides is 2. The third-order valence-electron chi connectivity index (χ3n) is 4.83. The number of aromatic nitrogens is 2. The molecule has 3 heterocycles. The van der Waals surface area contributed by atoms with Gasteiger partial charge >= 0.3 is 0 Å². The third-order valence-corrected chi connectivity index (χ3v) is 4.83. The molecule has 2 saturated heterocycles. The maximum Gasteiger partial charge on any atom is 0.272 e. The van der Waals surface area contributed by atoms with Crippen LogP contribution in [0.4, 0.5) is 5.95 Å². The molecule has 2 aliphatic rings. The van der Waals surface area contributed by atoms with E-state index in [1.165, 1.54) is 0 Å². The van der Waals surface area contributed by atoms with Crippen LogP contribution in [0.15, 0.2) is 6.07 Å². The van der Waals surface area contributed by atoms with Gasteiger partial charge in [-0.2, -0.15) is 0 Å². The molecule has 7 nitrogen and oxygen atoms in total. The van der Waals surface area contributed by atoms with Crippen LogP contribution in [-0.4, -0.2) is 58.3 Å². The molecule has 0 bridgehead atoms. The number of likely N-dealkylation sites (tertiary alicyclic amines) is 2. The number of carbonyl (C=O) groups excluding carboxylic acids is 2. The Balaban J connectivity index is 1.81. The summed E-state index contributed by atoms with van der Waals surface area (Å²) in [6.07, 6.45) is 0.944. The molecule has 124 valence electrons. The van der Waals surface area contributed by atoms with Crippen LogP contribution in [0.1, 0.15) is 42.4 Å². The van der Waals surface area contributed by atoms with Crippen molar-refractivity contribution in [3.8, 4) is 0 Å². The Kier molecular flexibility index (Phi) is 3.95. The van der Waals surface area contributed by atoms with E-state index in [0.717, 1.165) is 18.7 Å². The number of nitrogen functional groups attached to an aromatic ring is 1. The fraction of sp³-hybridized carbons (Fsp3) is 0.625. The highest BCUT2D eigenvalue weighted by molar-refractivity contribution is 5.93. The van der Waals surface area contributed by atoms with Gasteiger partial charge in [0.2, 0.25) is 11.9 Å². The fourth-order valence-electron chi connectivity index (χ4n) is 3.41. The van der Waals surface area contributed by atoms with E-state index in [9.17, 15) is 9.59 Å². The Morgan fingerprint density at radius 1 is 1.35 bits per heavy atom. The van der Waals surface area contributed by atoms with Gasteiger partial charge in [-0.25, -0.2) is 9.97 Å². The number of hydrogen-bond donors (Lipinski definition) is 1. The van der Waals surface area contributed by atoms with Crippen molar-refractivity contribution in [3.63, 3.8) is 0 Å². The van der Waals surface area contributed by atoms with Gasteiger partial charge in [0.1, 0.15) is 5.69 Å². The smallest absolute Gasteiger partial charge is 0.272 e. The minimum absolute atomic E-state index is 0.0820. The van der Waals surface area contributed by atoms with Crippen LogP contribution in [0.5, 0.6) is 0 Å². The van der Waals surface area contributed by atoms with E-state index in [1.807, 2.05) is 20.9 Å². The first-order chi connectivity index (χ1) is 10.9. The van der Waals surface area contributed by atoms with Gasteiger partial charge in [0, 0.05) is 32.4 Å². The van der Waals surface area contributed by atoms with E-state index >= 15 is 0 Å². The number of rotatable bonds is 2. The molecule has 3 rings (SSSR count). The number of piperidine rings is 1. The monoisotopic (exact) mass is 317 g/mol. The first-order valence-corrected chi connectivity index (χ1v) is 8.05. The summed E-state index contributed by atoms with van der Waals surface area (Å²) in [5.41, 5.74) is 6.81.